The fourth-order valence-electron chi connectivity index (χ4n) is 1.10. The predicted octanol–water partition coefficient (Wildman–Crippen LogP) is -0.584. The molecule has 1 fully saturated rings. The van der Waals surface area contributed by atoms with E-state index in [-0.39, 0.29) is 17.9 Å². The summed E-state index contributed by atoms with van der Waals surface area (Å²) in [5.41, 5.74) is 2.10. The molecule has 5 heteroatoms. The SMILES string of the molecule is CC(C)C(OC1COC1)C(=O)NN. The molecular weight excluding hydrogens is 172 g/mol. The summed E-state index contributed by atoms with van der Waals surface area (Å²) in [5.74, 6) is 4.87. The van der Waals surface area contributed by atoms with Crippen LogP contribution in [0, 0.1) is 5.92 Å². The van der Waals surface area contributed by atoms with Crippen LogP contribution in [-0.2, 0) is 14.3 Å². The molecule has 0 aliphatic carbocycles. The quantitative estimate of drug-likeness (QED) is 0.351. The Kier molecular flexibility index (Phi) is 3.65. The standard InChI is InChI=1S/C8H16N2O3/c1-5(2)7(8(11)10-9)13-6-3-12-4-6/h5-7H,3-4,9H2,1-2H3,(H,10,11). The Labute approximate surface area is 77.5 Å². The van der Waals surface area contributed by atoms with Crippen LogP contribution < -0.4 is 11.3 Å². The third-order valence-electron chi connectivity index (χ3n) is 1.95. The molecular formula is C8H16N2O3. The predicted molar refractivity (Wildman–Crippen MR) is 46.6 cm³/mol. The number of amides is 1. The zero-order chi connectivity index (χ0) is 9.84. The van der Waals surface area contributed by atoms with Crippen molar-refractivity contribution in [1.82, 2.24) is 5.43 Å². The molecule has 5 nitrogen and oxygen atoms in total. The van der Waals surface area contributed by atoms with E-state index in [1.54, 1.807) is 0 Å². The third-order valence-corrected chi connectivity index (χ3v) is 1.95. The summed E-state index contributed by atoms with van der Waals surface area (Å²) in [6, 6.07) is 0. The van der Waals surface area contributed by atoms with Crippen molar-refractivity contribution in [2.45, 2.75) is 26.1 Å². The molecule has 0 spiro atoms. The van der Waals surface area contributed by atoms with Crippen LogP contribution >= 0.6 is 0 Å². The summed E-state index contributed by atoms with van der Waals surface area (Å²) in [4.78, 5) is 11.2. The van der Waals surface area contributed by atoms with Crippen LogP contribution in [-0.4, -0.2) is 31.3 Å². The highest BCUT2D eigenvalue weighted by Gasteiger charge is 2.29. The number of carbonyl (C=O) groups is 1. The van der Waals surface area contributed by atoms with Crippen molar-refractivity contribution in [3.05, 3.63) is 0 Å². The topological polar surface area (TPSA) is 73.6 Å². The molecule has 76 valence electrons. The molecule has 1 unspecified atom stereocenters. The van der Waals surface area contributed by atoms with E-state index in [2.05, 4.69) is 5.43 Å². The minimum absolute atomic E-state index is 0.0460. The Morgan fingerprint density at radius 1 is 1.62 bits per heavy atom. The van der Waals surface area contributed by atoms with Crippen molar-refractivity contribution in [3.63, 3.8) is 0 Å². The van der Waals surface area contributed by atoms with Crippen LogP contribution in [0.25, 0.3) is 0 Å². The molecule has 1 heterocycles. The van der Waals surface area contributed by atoms with Gasteiger partial charge in [-0.15, -0.1) is 0 Å². The maximum absolute atomic E-state index is 11.2. The van der Waals surface area contributed by atoms with Crippen molar-refractivity contribution in [2.75, 3.05) is 13.2 Å². The zero-order valence-electron chi connectivity index (χ0n) is 7.95. The highest BCUT2D eigenvalue weighted by atomic mass is 16.6. The second-order valence-corrected chi connectivity index (χ2v) is 3.47. The number of hydrogen-bond donors (Lipinski definition) is 2. The second-order valence-electron chi connectivity index (χ2n) is 3.47. The highest BCUT2D eigenvalue weighted by Crippen LogP contribution is 2.14. The van der Waals surface area contributed by atoms with Gasteiger partial charge in [-0.3, -0.25) is 10.2 Å². The molecule has 3 N–H and O–H groups in total. The van der Waals surface area contributed by atoms with E-state index in [9.17, 15) is 4.79 Å². The molecule has 1 saturated heterocycles. The monoisotopic (exact) mass is 188 g/mol. The summed E-state index contributed by atoms with van der Waals surface area (Å²) in [6.07, 6.45) is -0.427. The lowest BCUT2D eigenvalue weighted by Gasteiger charge is -2.31. The van der Waals surface area contributed by atoms with E-state index in [1.807, 2.05) is 13.8 Å². The van der Waals surface area contributed by atoms with Crippen LogP contribution in [0.1, 0.15) is 13.8 Å². The maximum Gasteiger partial charge on any atom is 0.263 e. The highest BCUT2D eigenvalue weighted by molar-refractivity contribution is 5.80. The van der Waals surface area contributed by atoms with Crippen molar-refractivity contribution < 1.29 is 14.3 Å². The van der Waals surface area contributed by atoms with Gasteiger partial charge in [-0.25, -0.2) is 5.84 Å². The first-order valence-corrected chi connectivity index (χ1v) is 4.38. The molecule has 1 aliphatic heterocycles. The van der Waals surface area contributed by atoms with Crippen LogP contribution in [0.2, 0.25) is 0 Å². The van der Waals surface area contributed by atoms with Gasteiger partial charge in [0.05, 0.1) is 13.2 Å². The summed E-state index contributed by atoms with van der Waals surface area (Å²) in [7, 11) is 0. The first-order valence-electron chi connectivity index (χ1n) is 4.38. The van der Waals surface area contributed by atoms with Gasteiger partial charge in [0.1, 0.15) is 12.2 Å². The molecule has 1 rings (SSSR count). The lowest BCUT2D eigenvalue weighted by molar-refractivity contribution is -0.174. The van der Waals surface area contributed by atoms with Crippen LogP contribution in [0.5, 0.6) is 0 Å². The Bertz CT molecular complexity index is 180. The van der Waals surface area contributed by atoms with Crippen LogP contribution in [0.15, 0.2) is 0 Å². The number of carbonyl (C=O) groups excluding carboxylic acids is 1. The lowest BCUT2D eigenvalue weighted by Crippen LogP contribution is -2.48. The molecule has 1 aliphatic rings. The normalized spacial score (nSPS) is 19.7. The van der Waals surface area contributed by atoms with Gasteiger partial charge < -0.3 is 9.47 Å². The van der Waals surface area contributed by atoms with E-state index in [0.717, 1.165) is 0 Å². The maximum atomic E-state index is 11.2. The van der Waals surface area contributed by atoms with Gasteiger partial charge in [-0.2, -0.15) is 0 Å². The molecule has 1 amide bonds. The lowest BCUT2D eigenvalue weighted by atomic mass is 10.1. The van der Waals surface area contributed by atoms with Gasteiger partial charge in [0, 0.05) is 0 Å². The van der Waals surface area contributed by atoms with Crippen LogP contribution in [0.3, 0.4) is 0 Å². The minimum atomic E-state index is -0.473. The number of rotatable bonds is 4. The first-order chi connectivity index (χ1) is 6.15. The molecule has 1 atom stereocenters. The van der Waals surface area contributed by atoms with Crippen molar-refractivity contribution in [2.24, 2.45) is 11.8 Å². The van der Waals surface area contributed by atoms with Gasteiger partial charge in [-0.1, -0.05) is 13.8 Å². The van der Waals surface area contributed by atoms with Crippen molar-refractivity contribution in [3.8, 4) is 0 Å². The fraction of sp³-hybridized carbons (Fsp3) is 0.875. The van der Waals surface area contributed by atoms with E-state index < -0.39 is 6.10 Å². The van der Waals surface area contributed by atoms with Gasteiger partial charge in [-0.05, 0) is 5.92 Å². The Morgan fingerprint density at radius 3 is 2.54 bits per heavy atom. The Morgan fingerprint density at radius 2 is 2.23 bits per heavy atom. The smallest absolute Gasteiger partial charge is 0.263 e. The number of ether oxygens (including phenoxy) is 2. The number of nitrogens with two attached hydrogens (primary N) is 1. The molecule has 0 aromatic carbocycles. The van der Waals surface area contributed by atoms with Gasteiger partial charge in [0.15, 0.2) is 0 Å². The molecule has 0 aromatic rings. The second kappa shape index (κ2) is 4.55. The number of hydrogen-bond acceptors (Lipinski definition) is 4. The summed E-state index contributed by atoms with van der Waals surface area (Å²) in [6.45, 7) is 4.97. The summed E-state index contributed by atoms with van der Waals surface area (Å²) in [5, 5.41) is 0. The van der Waals surface area contributed by atoms with E-state index in [1.165, 1.54) is 0 Å². The van der Waals surface area contributed by atoms with E-state index >= 15 is 0 Å². The van der Waals surface area contributed by atoms with Gasteiger partial charge in [0.25, 0.3) is 5.91 Å². The summed E-state index contributed by atoms with van der Waals surface area (Å²) < 4.78 is 10.4. The third kappa shape index (κ3) is 2.65. The summed E-state index contributed by atoms with van der Waals surface area (Å²) >= 11 is 0. The van der Waals surface area contributed by atoms with Gasteiger partial charge in [0.2, 0.25) is 0 Å². The minimum Gasteiger partial charge on any atom is -0.376 e. The van der Waals surface area contributed by atoms with E-state index in [4.69, 9.17) is 15.3 Å². The van der Waals surface area contributed by atoms with Crippen molar-refractivity contribution in [1.29, 1.82) is 0 Å². The zero-order valence-corrected chi connectivity index (χ0v) is 7.95. The Hall–Kier alpha value is -0.650. The molecule has 0 aromatic heterocycles. The fourth-order valence-corrected chi connectivity index (χ4v) is 1.10. The number of nitrogens with one attached hydrogen (secondary N) is 1. The van der Waals surface area contributed by atoms with Gasteiger partial charge >= 0.3 is 0 Å². The molecule has 0 radical (unpaired) electrons. The Balaban J connectivity index is 2.41. The average molecular weight is 188 g/mol. The van der Waals surface area contributed by atoms with Crippen molar-refractivity contribution >= 4 is 5.91 Å². The largest absolute Gasteiger partial charge is 0.376 e. The molecule has 0 bridgehead atoms. The van der Waals surface area contributed by atoms with Crippen LogP contribution in [0.4, 0.5) is 0 Å². The van der Waals surface area contributed by atoms with E-state index in [0.29, 0.717) is 13.2 Å². The first kappa shape index (κ1) is 10.4. The molecule has 0 saturated carbocycles. The average Bonchev–Trinajstić information content (AvgIpc) is 2.00. The molecule has 13 heavy (non-hydrogen) atoms. The number of hydrazine groups is 1.